The van der Waals surface area contributed by atoms with Crippen LogP contribution in [0.4, 0.5) is 0 Å². The average Bonchev–Trinajstić information content (AvgIpc) is 2.16. The van der Waals surface area contributed by atoms with Gasteiger partial charge in [-0.25, -0.2) is 0 Å². The van der Waals surface area contributed by atoms with Crippen molar-refractivity contribution in [1.82, 2.24) is 9.80 Å². The van der Waals surface area contributed by atoms with Crippen LogP contribution >= 0.6 is 0 Å². The van der Waals surface area contributed by atoms with Gasteiger partial charge < -0.3 is 4.74 Å². The van der Waals surface area contributed by atoms with Gasteiger partial charge in [-0.15, -0.1) is 0 Å². The Labute approximate surface area is 68.9 Å². The van der Waals surface area contributed by atoms with Crippen LogP contribution in [0, 0.1) is 0 Å². The van der Waals surface area contributed by atoms with Crippen molar-refractivity contribution >= 4 is 0 Å². The van der Waals surface area contributed by atoms with E-state index < -0.39 is 0 Å². The van der Waals surface area contributed by atoms with E-state index in [4.69, 9.17) is 4.74 Å². The molecule has 0 aromatic rings. The highest BCUT2D eigenvalue weighted by atomic mass is 16.5. The zero-order valence-corrected chi connectivity index (χ0v) is 8.09. The van der Waals surface area contributed by atoms with Crippen LogP contribution in [0.3, 0.4) is 0 Å². The normalized spacial score (nSPS) is 41.7. The summed E-state index contributed by atoms with van der Waals surface area (Å²) in [5.41, 5.74) is 0. The third kappa shape index (κ3) is 1.17. The molecule has 0 aliphatic carbocycles. The average molecular weight is 158 g/mol. The van der Waals surface area contributed by atoms with Crippen LogP contribution < -0.4 is 0 Å². The summed E-state index contributed by atoms with van der Waals surface area (Å²) in [5, 5.41) is 0. The summed E-state index contributed by atoms with van der Waals surface area (Å²) in [6.07, 6.45) is 0. The zero-order valence-electron chi connectivity index (χ0n) is 8.09. The van der Waals surface area contributed by atoms with Gasteiger partial charge in [-0.3, -0.25) is 9.80 Å². The minimum Gasteiger partial charge on any atom is -0.350 e. The van der Waals surface area contributed by atoms with Crippen molar-refractivity contribution in [3.63, 3.8) is 0 Å². The van der Waals surface area contributed by atoms with E-state index in [0.29, 0.717) is 6.04 Å². The first kappa shape index (κ1) is 8.97. The minimum absolute atomic E-state index is 0.209. The molecule has 1 saturated heterocycles. The molecule has 3 nitrogen and oxygen atoms in total. The topological polar surface area (TPSA) is 15.7 Å². The number of hydrogen-bond donors (Lipinski definition) is 0. The third-order valence-electron chi connectivity index (χ3n) is 2.95. The lowest BCUT2D eigenvalue weighted by molar-refractivity contribution is -0.169. The maximum atomic E-state index is 5.45. The summed E-state index contributed by atoms with van der Waals surface area (Å²) in [7, 11) is 5.94. The lowest BCUT2D eigenvalue weighted by Crippen LogP contribution is -2.50. The van der Waals surface area contributed by atoms with Crippen molar-refractivity contribution in [2.75, 3.05) is 27.7 Å². The van der Waals surface area contributed by atoms with Crippen LogP contribution in [0.15, 0.2) is 0 Å². The number of ether oxygens (including phenoxy) is 1. The molecule has 0 aromatic carbocycles. The number of hydrogen-bond acceptors (Lipinski definition) is 3. The fourth-order valence-electron chi connectivity index (χ4n) is 1.67. The quantitative estimate of drug-likeness (QED) is 0.555. The summed E-state index contributed by atoms with van der Waals surface area (Å²) in [5.74, 6) is -0.209. The van der Waals surface area contributed by atoms with Crippen molar-refractivity contribution in [3.05, 3.63) is 0 Å². The summed E-state index contributed by atoms with van der Waals surface area (Å²) in [6, 6.07) is 0.574. The Balaban J connectivity index is 2.78. The number of methoxy groups -OCH3 is 1. The van der Waals surface area contributed by atoms with E-state index in [2.05, 4.69) is 37.7 Å². The minimum atomic E-state index is -0.209. The molecule has 2 atom stereocenters. The van der Waals surface area contributed by atoms with Crippen molar-refractivity contribution in [2.24, 2.45) is 0 Å². The van der Waals surface area contributed by atoms with Crippen LogP contribution in [0.5, 0.6) is 0 Å². The van der Waals surface area contributed by atoms with E-state index in [1.165, 1.54) is 0 Å². The monoisotopic (exact) mass is 158 g/mol. The maximum Gasteiger partial charge on any atom is 0.176 e. The van der Waals surface area contributed by atoms with Gasteiger partial charge in [0.2, 0.25) is 0 Å². The number of likely N-dealkylation sites (N-methyl/N-ethyl adjacent to an activating group) is 2. The van der Waals surface area contributed by atoms with Crippen LogP contribution in [-0.2, 0) is 4.74 Å². The predicted molar refractivity (Wildman–Crippen MR) is 45.3 cm³/mol. The van der Waals surface area contributed by atoms with E-state index in [1.807, 2.05) is 0 Å². The second kappa shape index (κ2) is 2.73. The molecule has 1 rings (SSSR count). The third-order valence-corrected chi connectivity index (χ3v) is 2.95. The van der Waals surface area contributed by atoms with Gasteiger partial charge in [-0.1, -0.05) is 0 Å². The van der Waals surface area contributed by atoms with Gasteiger partial charge in [-0.2, -0.15) is 0 Å². The van der Waals surface area contributed by atoms with Crippen LogP contribution in [-0.4, -0.2) is 49.4 Å². The number of rotatable bonds is 1. The van der Waals surface area contributed by atoms with Gasteiger partial charge in [0.15, 0.2) is 5.85 Å². The van der Waals surface area contributed by atoms with Crippen LogP contribution in [0.1, 0.15) is 13.8 Å². The molecule has 0 radical (unpaired) electrons. The van der Waals surface area contributed by atoms with Crippen LogP contribution in [0.25, 0.3) is 0 Å². The van der Waals surface area contributed by atoms with Crippen molar-refractivity contribution in [2.45, 2.75) is 25.7 Å². The Morgan fingerprint density at radius 1 is 1.45 bits per heavy atom. The Morgan fingerprint density at radius 2 is 2.00 bits per heavy atom. The molecule has 0 aromatic heterocycles. The highest BCUT2D eigenvalue weighted by molar-refractivity contribution is 4.87. The first-order valence-corrected chi connectivity index (χ1v) is 4.01. The molecule has 11 heavy (non-hydrogen) atoms. The second-order valence-electron chi connectivity index (χ2n) is 3.48. The molecule has 2 unspecified atom stereocenters. The lowest BCUT2D eigenvalue weighted by Gasteiger charge is -2.36. The predicted octanol–water partition coefficient (Wildman–Crippen LogP) is 0.572. The Kier molecular flexibility index (Phi) is 2.23. The smallest absolute Gasteiger partial charge is 0.176 e. The maximum absolute atomic E-state index is 5.45. The molecule has 3 heteroatoms. The van der Waals surface area contributed by atoms with Crippen molar-refractivity contribution in [1.29, 1.82) is 0 Å². The molecule has 66 valence electrons. The first-order valence-electron chi connectivity index (χ1n) is 4.01. The summed E-state index contributed by atoms with van der Waals surface area (Å²) in [6.45, 7) is 5.37. The zero-order chi connectivity index (χ0) is 8.65. The lowest BCUT2D eigenvalue weighted by atomic mass is 10.3. The van der Waals surface area contributed by atoms with Crippen LogP contribution in [0.2, 0.25) is 0 Å². The highest BCUT2D eigenvalue weighted by Gasteiger charge is 2.42. The molecule has 1 aliphatic heterocycles. The van der Waals surface area contributed by atoms with Gasteiger partial charge >= 0.3 is 0 Å². The number of nitrogens with zero attached hydrogens (tertiary/aromatic N) is 2. The van der Waals surface area contributed by atoms with Crippen molar-refractivity contribution in [3.8, 4) is 0 Å². The van der Waals surface area contributed by atoms with Crippen molar-refractivity contribution < 1.29 is 4.74 Å². The van der Waals surface area contributed by atoms with E-state index >= 15 is 0 Å². The van der Waals surface area contributed by atoms with E-state index in [0.717, 1.165) is 6.54 Å². The Hall–Kier alpha value is -0.120. The van der Waals surface area contributed by atoms with Gasteiger partial charge in [0.05, 0.1) is 0 Å². The molecule has 1 fully saturated rings. The molecule has 1 heterocycles. The molecule has 1 aliphatic rings. The van der Waals surface area contributed by atoms with E-state index in [9.17, 15) is 0 Å². The van der Waals surface area contributed by atoms with E-state index in [1.54, 1.807) is 7.11 Å². The molecular formula is C8H18N2O. The molecule has 0 amide bonds. The van der Waals surface area contributed by atoms with Gasteiger partial charge in [0.1, 0.15) is 0 Å². The van der Waals surface area contributed by atoms with Gasteiger partial charge in [-0.05, 0) is 27.9 Å². The first-order chi connectivity index (χ1) is 5.02. The molecule has 0 bridgehead atoms. The molecule has 0 saturated carbocycles. The standard InChI is InChI=1S/C8H18N2O/c1-7-6-9(3)8(2,11-5)10(7)4/h7H,6H2,1-5H3. The largest absolute Gasteiger partial charge is 0.350 e. The Morgan fingerprint density at radius 3 is 2.18 bits per heavy atom. The second-order valence-corrected chi connectivity index (χ2v) is 3.48. The molecular weight excluding hydrogens is 140 g/mol. The Bertz CT molecular complexity index is 151. The van der Waals surface area contributed by atoms with Gasteiger partial charge in [0.25, 0.3) is 0 Å². The molecule has 0 N–H and O–H groups in total. The molecule has 0 spiro atoms. The fourth-order valence-corrected chi connectivity index (χ4v) is 1.67. The SMILES string of the molecule is COC1(C)N(C)CC(C)N1C. The highest BCUT2D eigenvalue weighted by Crippen LogP contribution is 2.27. The summed E-state index contributed by atoms with van der Waals surface area (Å²) >= 11 is 0. The van der Waals surface area contributed by atoms with Gasteiger partial charge in [0, 0.05) is 19.7 Å². The summed E-state index contributed by atoms with van der Waals surface area (Å²) in [4.78, 5) is 4.46. The fraction of sp³-hybridized carbons (Fsp3) is 1.00. The summed E-state index contributed by atoms with van der Waals surface area (Å²) < 4.78 is 5.45. The van der Waals surface area contributed by atoms with E-state index in [-0.39, 0.29) is 5.85 Å².